The van der Waals surface area contributed by atoms with Gasteiger partial charge in [-0.25, -0.2) is 0 Å². The van der Waals surface area contributed by atoms with E-state index in [0.29, 0.717) is 12.8 Å². The number of unbranched alkanes of at least 4 members (excludes halogenated alkanes) is 28. The fourth-order valence-electron chi connectivity index (χ4n) is 9.45. The summed E-state index contributed by atoms with van der Waals surface area (Å²) in [7, 11) is 0. The lowest BCUT2D eigenvalue weighted by atomic mass is 9.90. The summed E-state index contributed by atoms with van der Waals surface area (Å²) < 4.78 is 22.2. The Hall–Kier alpha value is -1.27. The van der Waals surface area contributed by atoms with Crippen LogP contribution >= 0.6 is 0 Å². The number of allylic oxidation sites excluding steroid dienone is 2. The van der Waals surface area contributed by atoms with E-state index in [1.165, 1.54) is 167 Å². The molecule has 2 aliphatic heterocycles. The number of nitrogens with one attached hydrogen (secondary N) is 1. The van der Waals surface area contributed by atoms with Gasteiger partial charge >= 0.3 is 0 Å². The molecule has 2 heterocycles. The standard InChI is InChI=1S/C53H101NO13/c1-3-5-7-9-11-13-15-17-19-20-21-22-23-25-27-29-31-33-35-37-41(36-34-32-30-28-26-24-18-16-14-12-10-8-6-4-2)44(57)51(63)54-40-64-52-49(62)47(60)50(43(39-56)66-52)67-53-48(61)46(59)45(58)42(38-55)65-53/h30,32,41-50,52-53,55-62H,3-29,31,33-40H2,1-2H3,(H,54,63)/b32-30+/t41-,42-,43-,44-,45+,46+,47-,48-,49-,50-,52-,53+/m1/s1. The maximum atomic E-state index is 13.3. The van der Waals surface area contributed by atoms with Gasteiger partial charge in [0.15, 0.2) is 12.6 Å². The quantitative estimate of drug-likeness (QED) is 0.0160. The molecule has 0 aromatic carbocycles. The van der Waals surface area contributed by atoms with Gasteiger partial charge in [0.05, 0.1) is 13.2 Å². The molecule has 9 N–H and O–H groups in total. The van der Waals surface area contributed by atoms with Crippen molar-refractivity contribution in [2.45, 2.75) is 293 Å². The molecular formula is C53H101NO13. The highest BCUT2D eigenvalue weighted by molar-refractivity contribution is 5.80. The molecule has 0 spiro atoms. The minimum Gasteiger partial charge on any atom is -0.394 e. The maximum absolute atomic E-state index is 13.3. The second-order valence-electron chi connectivity index (χ2n) is 19.7. The minimum absolute atomic E-state index is 0.259. The Morgan fingerprint density at radius 2 is 0.925 bits per heavy atom. The van der Waals surface area contributed by atoms with E-state index in [4.69, 9.17) is 18.9 Å². The first-order chi connectivity index (χ1) is 32.6. The van der Waals surface area contributed by atoms with Crippen LogP contribution in [0.2, 0.25) is 0 Å². The molecule has 1 amide bonds. The van der Waals surface area contributed by atoms with Crippen LogP contribution in [0.3, 0.4) is 0 Å². The molecule has 12 atom stereocenters. The molecule has 0 radical (unpaired) electrons. The highest BCUT2D eigenvalue weighted by Crippen LogP contribution is 2.30. The molecule has 0 aromatic heterocycles. The Labute approximate surface area is 406 Å². The summed E-state index contributed by atoms with van der Waals surface area (Å²) in [6.45, 7) is 2.64. The Morgan fingerprint density at radius 3 is 1.40 bits per heavy atom. The van der Waals surface area contributed by atoms with Crippen molar-refractivity contribution in [3.8, 4) is 0 Å². The van der Waals surface area contributed by atoms with Crippen molar-refractivity contribution >= 4 is 5.91 Å². The third-order valence-electron chi connectivity index (χ3n) is 13.9. The lowest BCUT2D eigenvalue weighted by molar-refractivity contribution is -0.359. The van der Waals surface area contributed by atoms with Gasteiger partial charge in [0.2, 0.25) is 0 Å². The Morgan fingerprint density at radius 1 is 0.507 bits per heavy atom. The average Bonchev–Trinajstić information content (AvgIpc) is 3.33. The summed E-state index contributed by atoms with van der Waals surface area (Å²) >= 11 is 0. The molecule has 2 rings (SSSR count). The summed E-state index contributed by atoms with van der Waals surface area (Å²) in [5.74, 6) is -0.879. The van der Waals surface area contributed by atoms with Crippen LogP contribution in [-0.2, 0) is 23.7 Å². The van der Waals surface area contributed by atoms with Crippen molar-refractivity contribution in [3.05, 3.63) is 12.2 Å². The van der Waals surface area contributed by atoms with E-state index in [2.05, 4.69) is 31.3 Å². The van der Waals surface area contributed by atoms with E-state index in [1.54, 1.807) is 0 Å². The zero-order chi connectivity index (χ0) is 48.9. The third kappa shape index (κ3) is 26.7. The predicted molar refractivity (Wildman–Crippen MR) is 263 cm³/mol. The van der Waals surface area contributed by atoms with E-state index in [-0.39, 0.29) is 5.92 Å². The minimum atomic E-state index is -1.78. The third-order valence-corrected chi connectivity index (χ3v) is 13.9. The molecule has 67 heavy (non-hydrogen) atoms. The average molecular weight is 960 g/mol. The smallest absolute Gasteiger partial charge is 0.250 e. The normalized spacial score (nSPS) is 26.6. The highest BCUT2D eigenvalue weighted by atomic mass is 16.7. The summed E-state index contributed by atoms with van der Waals surface area (Å²) in [5, 5.41) is 85.8. The maximum Gasteiger partial charge on any atom is 0.250 e. The van der Waals surface area contributed by atoms with E-state index in [9.17, 15) is 45.6 Å². The van der Waals surface area contributed by atoms with E-state index >= 15 is 0 Å². The zero-order valence-electron chi connectivity index (χ0n) is 42.2. The largest absolute Gasteiger partial charge is 0.394 e. The number of hydrogen-bond donors (Lipinski definition) is 9. The zero-order valence-corrected chi connectivity index (χ0v) is 42.2. The van der Waals surface area contributed by atoms with Gasteiger partial charge in [-0.15, -0.1) is 0 Å². The van der Waals surface area contributed by atoms with Crippen LogP contribution in [0.5, 0.6) is 0 Å². The fraction of sp³-hybridized carbons (Fsp3) is 0.943. The Bertz CT molecular complexity index is 1180. The topological polar surface area (TPSA) is 228 Å². The van der Waals surface area contributed by atoms with Crippen LogP contribution in [0.4, 0.5) is 0 Å². The van der Waals surface area contributed by atoms with E-state index in [1.807, 2.05) is 0 Å². The number of aliphatic hydroxyl groups excluding tert-OH is 8. The number of amides is 1. The molecule has 0 aromatic rings. The van der Waals surface area contributed by atoms with Crippen molar-refractivity contribution in [1.29, 1.82) is 0 Å². The van der Waals surface area contributed by atoms with Crippen molar-refractivity contribution in [2.24, 2.45) is 5.92 Å². The summed E-state index contributed by atoms with van der Waals surface area (Å²) in [5.41, 5.74) is 0. The molecule has 396 valence electrons. The molecule has 0 aliphatic carbocycles. The van der Waals surface area contributed by atoms with Gasteiger partial charge in [-0.3, -0.25) is 4.79 Å². The summed E-state index contributed by atoms with van der Waals surface area (Å²) in [6.07, 6.45) is 28.1. The molecule has 14 heteroatoms. The van der Waals surface area contributed by atoms with Crippen LogP contribution in [0.15, 0.2) is 12.2 Å². The predicted octanol–water partition coefficient (Wildman–Crippen LogP) is 8.15. The van der Waals surface area contributed by atoms with Gasteiger partial charge < -0.3 is 65.1 Å². The summed E-state index contributed by atoms with van der Waals surface area (Å²) in [4.78, 5) is 13.3. The molecule has 0 unspecified atom stereocenters. The van der Waals surface area contributed by atoms with Gasteiger partial charge in [0, 0.05) is 0 Å². The molecule has 14 nitrogen and oxygen atoms in total. The van der Waals surface area contributed by atoms with Crippen molar-refractivity contribution in [1.82, 2.24) is 5.32 Å². The van der Waals surface area contributed by atoms with Crippen LogP contribution in [0.1, 0.15) is 226 Å². The number of carbonyl (C=O) groups excluding carboxylic acids is 1. The Balaban J connectivity index is 1.77. The molecule has 2 aliphatic rings. The van der Waals surface area contributed by atoms with Gasteiger partial charge in [-0.05, 0) is 38.0 Å². The van der Waals surface area contributed by atoms with E-state index < -0.39 is 93.4 Å². The molecule has 2 saturated heterocycles. The number of carbonyl (C=O) groups is 1. The van der Waals surface area contributed by atoms with E-state index in [0.717, 1.165) is 32.1 Å². The molecule has 0 bridgehead atoms. The highest BCUT2D eigenvalue weighted by Gasteiger charge is 2.50. The lowest BCUT2D eigenvalue weighted by Crippen LogP contribution is -2.64. The van der Waals surface area contributed by atoms with Gasteiger partial charge in [-0.2, -0.15) is 0 Å². The number of aliphatic hydroxyl groups is 8. The van der Waals surface area contributed by atoms with Crippen molar-refractivity contribution in [3.63, 3.8) is 0 Å². The second kappa shape index (κ2) is 40.3. The van der Waals surface area contributed by atoms with Crippen LogP contribution in [0.25, 0.3) is 0 Å². The lowest BCUT2D eigenvalue weighted by Gasteiger charge is -2.45. The molecule has 2 fully saturated rings. The van der Waals surface area contributed by atoms with Crippen LogP contribution < -0.4 is 5.32 Å². The van der Waals surface area contributed by atoms with Crippen molar-refractivity contribution < 1.29 is 64.6 Å². The molecule has 0 saturated carbocycles. The van der Waals surface area contributed by atoms with Gasteiger partial charge in [0.25, 0.3) is 5.91 Å². The van der Waals surface area contributed by atoms with Gasteiger partial charge in [-0.1, -0.05) is 206 Å². The first-order valence-electron chi connectivity index (χ1n) is 27.4. The number of hydrogen-bond acceptors (Lipinski definition) is 13. The SMILES string of the molecule is CCCCCCCCCCCC/C=C/CC[C@H](CCCCCCCCCCCCCCCCCCCCC)[C@@H](O)C(=O)NCO[C@@H]1O[C@H](CO)[C@@H](O[C@@H]2O[C@H](CO)[C@H](O)[C@H](O)[C@H]2O)[C@H](O)[C@H]1O. The molecular weight excluding hydrogens is 859 g/mol. The number of rotatable bonds is 43. The summed E-state index contributed by atoms with van der Waals surface area (Å²) in [6, 6.07) is 0. The monoisotopic (exact) mass is 960 g/mol. The number of ether oxygens (including phenoxy) is 4. The first kappa shape index (κ1) is 61.8. The van der Waals surface area contributed by atoms with Gasteiger partial charge in [0.1, 0.15) is 61.7 Å². The van der Waals surface area contributed by atoms with Crippen molar-refractivity contribution in [2.75, 3.05) is 19.9 Å². The Kier molecular flexibility index (Phi) is 37.2. The first-order valence-corrected chi connectivity index (χ1v) is 27.4. The second-order valence-corrected chi connectivity index (χ2v) is 19.7. The fourth-order valence-corrected chi connectivity index (χ4v) is 9.45. The van der Waals surface area contributed by atoms with Crippen LogP contribution in [-0.4, -0.2) is 134 Å². The van der Waals surface area contributed by atoms with Crippen LogP contribution in [0, 0.1) is 5.92 Å².